The van der Waals surface area contributed by atoms with Crippen LogP contribution < -0.4 is 4.74 Å². The SMILES string of the molecule is COc1ccc(S(=O)(=O)c2c(-c3ccc(C)cc3)[nH]c3cc(C)ccc23)cc1. The average Bonchev–Trinajstić information content (AvgIpc) is 3.07. The number of ether oxygens (including phenoxy) is 1. The summed E-state index contributed by atoms with van der Waals surface area (Å²) in [5.41, 5.74) is 4.44. The minimum Gasteiger partial charge on any atom is -0.497 e. The number of benzene rings is 3. The van der Waals surface area contributed by atoms with Crippen LogP contribution >= 0.6 is 0 Å². The molecule has 3 aromatic carbocycles. The molecule has 4 rings (SSSR count). The van der Waals surface area contributed by atoms with E-state index >= 15 is 0 Å². The van der Waals surface area contributed by atoms with Crippen molar-refractivity contribution in [3.63, 3.8) is 0 Å². The summed E-state index contributed by atoms with van der Waals surface area (Å²) < 4.78 is 32.3. The molecule has 0 radical (unpaired) electrons. The molecule has 0 amide bonds. The molecule has 0 atom stereocenters. The van der Waals surface area contributed by atoms with Crippen LogP contribution in [-0.4, -0.2) is 20.5 Å². The minimum atomic E-state index is -3.74. The lowest BCUT2D eigenvalue weighted by Crippen LogP contribution is -2.03. The fourth-order valence-corrected chi connectivity index (χ4v) is 5.00. The highest BCUT2D eigenvalue weighted by molar-refractivity contribution is 7.91. The maximum atomic E-state index is 13.6. The van der Waals surface area contributed by atoms with E-state index in [1.807, 2.05) is 56.3 Å². The first-order valence-electron chi connectivity index (χ1n) is 8.98. The summed E-state index contributed by atoms with van der Waals surface area (Å²) in [5.74, 6) is 0.618. The van der Waals surface area contributed by atoms with Gasteiger partial charge in [0.1, 0.15) is 10.6 Å². The highest BCUT2D eigenvalue weighted by atomic mass is 32.2. The molecule has 0 aliphatic carbocycles. The second kappa shape index (κ2) is 6.84. The molecule has 4 nitrogen and oxygen atoms in total. The zero-order valence-electron chi connectivity index (χ0n) is 16.0. The van der Waals surface area contributed by atoms with Crippen LogP contribution in [0.5, 0.6) is 5.75 Å². The summed E-state index contributed by atoms with van der Waals surface area (Å²) in [6.45, 7) is 4.00. The number of hydrogen-bond donors (Lipinski definition) is 1. The van der Waals surface area contributed by atoms with E-state index in [1.165, 1.54) is 0 Å². The van der Waals surface area contributed by atoms with Gasteiger partial charge in [0.15, 0.2) is 0 Å². The number of methoxy groups -OCH3 is 1. The second-order valence-corrected chi connectivity index (χ2v) is 8.81. The van der Waals surface area contributed by atoms with Gasteiger partial charge in [0.05, 0.1) is 17.7 Å². The third-order valence-corrected chi connectivity index (χ3v) is 6.74. The number of aromatic nitrogens is 1. The van der Waals surface area contributed by atoms with Crippen molar-refractivity contribution in [1.29, 1.82) is 0 Å². The molecule has 0 spiro atoms. The third-order valence-electron chi connectivity index (χ3n) is 4.89. The third kappa shape index (κ3) is 3.08. The lowest BCUT2D eigenvalue weighted by atomic mass is 10.1. The Bertz CT molecular complexity index is 1250. The minimum absolute atomic E-state index is 0.239. The van der Waals surface area contributed by atoms with E-state index in [9.17, 15) is 8.42 Å². The molecule has 0 fully saturated rings. The predicted molar refractivity (Wildman–Crippen MR) is 112 cm³/mol. The molecule has 4 aromatic rings. The fraction of sp³-hybridized carbons (Fsp3) is 0.130. The highest BCUT2D eigenvalue weighted by Gasteiger charge is 2.27. The van der Waals surface area contributed by atoms with Crippen LogP contribution in [0, 0.1) is 13.8 Å². The summed E-state index contributed by atoms with van der Waals surface area (Å²) in [6.07, 6.45) is 0. The van der Waals surface area contributed by atoms with E-state index in [1.54, 1.807) is 31.4 Å². The Morgan fingerprint density at radius 2 is 1.46 bits per heavy atom. The molecule has 0 bridgehead atoms. The van der Waals surface area contributed by atoms with Crippen molar-refractivity contribution >= 4 is 20.7 Å². The fourth-order valence-electron chi connectivity index (χ4n) is 3.36. The number of rotatable bonds is 4. The summed E-state index contributed by atoms with van der Waals surface area (Å²) >= 11 is 0. The van der Waals surface area contributed by atoms with Crippen molar-refractivity contribution in [1.82, 2.24) is 4.98 Å². The smallest absolute Gasteiger partial charge is 0.209 e. The molecule has 0 aliphatic heterocycles. The van der Waals surface area contributed by atoms with Gasteiger partial charge in [0.25, 0.3) is 0 Å². The number of aryl methyl sites for hydroxylation is 2. The van der Waals surface area contributed by atoms with Crippen molar-refractivity contribution in [2.24, 2.45) is 0 Å². The van der Waals surface area contributed by atoms with Crippen LogP contribution in [0.1, 0.15) is 11.1 Å². The first-order chi connectivity index (χ1) is 13.4. The Balaban J connectivity index is 2.00. The molecule has 0 saturated carbocycles. The number of H-pyrrole nitrogens is 1. The Morgan fingerprint density at radius 3 is 2.11 bits per heavy atom. The van der Waals surface area contributed by atoms with Crippen molar-refractivity contribution < 1.29 is 13.2 Å². The molecule has 0 unspecified atom stereocenters. The van der Waals surface area contributed by atoms with E-state index in [0.29, 0.717) is 21.7 Å². The largest absolute Gasteiger partial charge is 0.497 e. The highest BCUT2D eigenvalue weighted by Crippen LogP contribution is 2.38. The van der Waals surface area contributed by atoms with Gasteiger partial charge in [-0.15, -0.1) is 0 Å². The molecular formula is C23H21NO3S. The molecule has 1 N–H and O–H groups in total. The number of nitrogens with one attached hydrogen (secondary N) is 1. The summed E-state index contributed by atoms with van der Waals surface area (Å²) in [7, 11) is -2.18. The Morgan fingerprint density at radius 1 is 0.821 bits per heavy atom. The van der Waals surface area contributed by atoms with Crippen molar-refractivity contribution in [3.05, 3.63) is 77.9 Å². The van der Waals surface area contributed by atoms with E-state index in [4.69, 9.17) is 4.74 Å². The molecule has 5 heteroatoms. The van der Waals surface area contributed by atoms with Gasteiger partial charge in [-0.25, -0.2) is 8.42 Å². The van der Waals surface area contributed by atoms with Gasteiger partial charge in [-0.1, -0.05) is 42.0 Å². The number of aromatic amines is 1. The van der Waals surface area contributed by atoms with Crippen LogP contribution in [-0.2, 0) is 9.84 Å². The summed E-state index contributed by atoms with van der Waals surface area (Å²) in [6, 6.07) is 20.1. The molecular weight excluding hydrogens is 370 g/mol. The van der Waals surface area contributed by atoms with Crippen LogP contribution in [0.2, 0.25) is 0 Å². The number of sulfone groups is 1. The first kappa shape index (κ1) is 18.3. The van der Waals surface area contributed by atoms with Gasteiger partial charge < -0.3 is 9.72 Å². The van der Waals surface area contributed by atoms with Gasteiger partial charge in [0, 0.05) is 10.9 Å². The topological polar surface area (TPSA) is 59.2 Å². The predicted octanol–water partition coefficient (Wildman–Crippen LogP) is 5.29. The molecule has 1 heterocycles. The van der Waals surface area contributed by atoms with Crippen molar-refractivity contribution in [3.8, 4) is 17.0 Å². The standard InChI is InChI=1S/C23H21NO3S/c1-15-4-7-17(8-5-15)22-23(20-13-6-16(2)14-21(20)24-22)28(25,26)19-11-9-18(27-3)10-12-19/h4-14,24H,1-3H3. The van der Waals surface area contributed by atoms with E-state index < -0.39 is 9.84 Å². The van der Waals surface area contributed by atoms with E-state index in [2.05, 4.69) is 4.98 Å². The van der Waals surface area contributed by atoms with Gasteiger partial charge in [-0.3, -0.25) is 0 Å². The lowest BCUT2D eigenvalue weighted by Gasteiger charge is -2.09. The first-order valence-corrected chi connectivity index (χ1v) is 10.5. The zero-order valence-corrected chi connectivity index (χ0v) is 16.8. The van der Waals surface area contributed by atoms with Crippen molar-refractivity contribution in [2.45, 2.75) is 23.6 Å². The summed E-state index contributed by atoms with van der Waals surface area (Å²) in [4.78, 5) is 3.88. The maximum absolute atomic E-state index is 13.6. The van der Waals surface area contributed by atoms with E-state index in [0.717, 1.165) is 22.2 Å². The van der Waals surface area contributed by atoms with Crippen LogP contribution in [0.3, 0.4) is 0 Å². The Kier molecular flexibility index (Phi) is 4.47. The van der Waals surface area contributed by atoms with Crippen LogP contribution in [0.4, 0.5) is 0 Å². The monoisotopic (exact) mass is 391 g/mol. The quantitative estimate of drug-likeness (QED) is 0.514. The Hall–Kier alpha value is -3.05. The molecule has 1 aromatic heterocycles. The maximum Gasteiger partial charge on any atom is 0.209 e. The number of fused-ring (bicyclic) bond motifs is 1. The van der Waals surface area contributed by atoms with E-state index in [-0.39, 0.29) is 4.90 Å². The second-order valence-electron chi connectivity index (χ2n) is 6.92. The number of hydrogen-bond acceptors (Lipinski definition) is 3. The van der Waals surface area contributed by atoms with Crippen LogP contribution in [0.25, 0.3) is 22.2 Å². The summed E-state index contributed by atoms with van der Waals surface area (Å²) in [5, 5.41) is 0.692. The molecule has 0 aliphatic rings. The van der Waals surface area contributed by atoms with Crippen LogP contribution in [0.15, 0.2) is 76.5 Å². The van der Waals surface area contributed by atoms with Gasteiger partial charge in [0.2, 0.25) is 9.84 Å². The van der Waals surface area contributed by atoms with Crippen molar-refractivity contribution in [2.75, 3.05) is 7.11 Å². The molecule has 142 valence electrons. The Labute approximate surface area is 164 Å². The average molecular weight is 391 g/mol. The van der Waals surface area contributed by atoms with Gasteiger partial charge in [-0.05, 0) is 55.3 Å². The molecule has 28 heavy (non-hydrogen) atoms. The van der Waals surface area contributed by atoms with Gasteiger partial charge in [-0.2, -0.15) is 0 Å². The lowest BCUT2D eigenvalue weighted by molar-refractivity contribution is 0.414. The van der Waals surface area contributed by atoms with Gasteiger partial charge >= 0.3 is 0 Å². The normalized spacial score (nSPS) is 11.7. The zero-order chi connectivity index (χ0) is 19.9. The molecule has 0 saturated heterocycles.